The maximum atomic E-state index is 12.3. The number of carbonyl (C=O) groups excluding carboxylic acids is 2. The number of hydrogen-bond acceptors (Lipinski definition) is 3. The Morgan fingerprint density at radius 3 is 2.00 bits per heavy atom. The van der Waals surface area contributed by atoms with Crippen molar-refractivity contribution in [3.8, 4) is 0 Å². The van der Waals surface area contributed by atoms with Crippen LogP contribution in [0.15, 0.2) is 24.3 Å². The van der Waals surface area contributed by atoms with E-state index in [1.165, 1.54) is 18.2 Å². The van der Waals surface area contributed by atoms with Crippen molar-refractivity contribution >= 4 is 100 Å². The molecule has 25 heavy (non-hydrogen) atoms. The molecule has 0 spiro atoms. The van der Waals surface area contributed by atoms with Gasteiger partial charge >= 0.3 is 6.03 Å². The molecular formula is C14H6Cl6N2O2S. The molecule has 1 N–H and O–H groups in total. The fourth-order valence-electron chi connectivity index (χ4n) is 1.75. The second-order valence-electron chi connectivity index (χ2n) is 4.49. The van der Waals surface area contributed by atoms with Gasteiger partial charge in [0.1, 0.15) is 0 Å². The van der Waals surface area contributed by atoms with Crippen LogP contribution < -0.4 is 9.62 Å². The Balaban J connectivity index is 2.29. The van der Waals surface area contributed by atoms with Gasteiger partial charge < -0.3 is 0 Å². The van der Waals surface area contributed by atoms with E-state index in [0.717, 1.165) is 4.31 Å². The first kappa shape index (κ1) is 20.8. The molecule has 0 heterocycles. The molecule has 0 saturated heterocycles. The Morgan fingerprint density at radius 1 is 0.880 bits per heavy atom. The van der Waals surface area contributed by atoms with Crippen LogP contribution in [0.1, 0.15) is 10.4 Å². The van der Waals surface area contributed by atoms with E-state index >= 15 is 0 Å². The summed E-state index contributed by atoms with van der Waals surface area (Å²) in [5.74, 6) is -0.818. The Labute approximate surface area is 178 Å². The number of halogens is 6. The third kappa shape index (κ3) is 4.42. The van der Waals surface area contributed by atoms with Crippen LogP contribution in [0.25, 0.3) is 0 Å². The molecule has 11 heteroatoms. The van der Waals surface area contributed by atoms with Gasteiger partial charge in [-0.3, -0.25) is 10.1 Å². The van der Waals surface area contributed by atoms with Gasteiger partial charge in [0, 0.05) is 0 Å². The highest BCUT2D eigenvalue weighted by Gasteiger charge is 2.24. The van der Waals surface area contributed by atoms with Crippen molar-refractivity contribution in [3.05, 3.63) is 60.0 Å². The van der Waals surface area contributed by atoms with Crippen molar-refractivity contribution in [3.63, 3.8) is 0 Å². The minimum atomic E-state index is -0.930. The number of hydrogen-bond donors (Lipinski definition) is 2. The molecule has 3 amide bonds. The lowest BCUT2D eigenvalue weighted by molar-refractivity contribution is 0.0967. The third-order valence-corrected chi connectivity index (χ3v) is 5.68. The molecule has 0 aliphatic rings. The number of benzene rings is 2. The Kier molecular flexibility index (Phi) is 7.01. The second-order valence-corrected chi connectivity index (χ2v) is 7.24. The standard InChI is InChI=1S/C14H6Cl6N2O2S/c15-5-2-1-3-6(16)9(5)13(23)21-14(24)22(25)8-4-7(17)10(18)12(20)11(8)19/h1-4,25H,(H,21,23,24). The first-order chi connectivity index (χ1) is 11.6. The molecule has 0 atom stereocenters. The monoisotopic (exact) mass is 476 g/mol. The van der Waals surface area contributed by atoms with E-state index in [9.17, 15) is 9.59 Å². The smallest absolute Gasteiger partial charge is 0.273 e. The molecule has 0 bridgehead atoms. The van der Waals surface area contributed by atoms with E-state index in [0.29, 0.717) is 0 Å². The van der Waals surface area contributed by atoms with Crippen molar-refractivity contribution in [1.82, 2.24) is 5.32 Å². The predicted molar refractivity (Wildman–Crippen MR) is 107 cm³/mol. The van der Waals surface area contributed by atoms with Crippen LogP contribution >= 0.6 is 82.4 Å². The number of imide groups is 1. The van der Waals surface area contributed by atoms with Crippen molar-refractivity contribution in [1.29, 1.82) is 0 Å². The Bertz CT molecular complexity index is 857. The van der Waals surface area contributed by atoms with Gasteiger partial charge in [-0.1, -0.05) is 88.5 Å². The van der Waals surface area contributed by atoms with Gasteiger partial charge in [-0.15, -0.1) is 0 Å². The molecule has 2 aromatic rings. The fourth-order valence-corrected chi connectivity index (χ4v) is 3.46. The lowest BCUT2D eigenvalue weighted by Crippen LogP contribution is -2.38. The van der Waals surface area contributed by atoms with Crippen molar-refractivity contribution in [2.75, 3.05) is 4.31 Å². The molecule has 0 aromatic heterocycles. The molecule has 0 fully saturated rings. The summed E-state index contributed by atoms with van der Waals surface area (Å²) < 4.78 is 0.749. The van der Waals surface area contributed by atoms with E-state index in [1.807, 2.05) is 0 Å². The van der Waals surface area contributed by atoms with Gasteiger partial charge in [0.25, 0.3) is 5.91 Å². The highest BCUT2D eigenvalue weighted by Crippen LogP contribution is 2.42. The van der Waals surface area contributed by atoms with Crippen molar-refractivity contribution in [2.45, 2.75) is 0 Å². The van der Waals surface area contributed by atoms with Gasteiger partial charge in [-0.2, -0.15) is 0 Å². The molecule has 0 aliphatic heterocycles. The largest absolute Gasteiger partial charge is 0.338 e. The topological polar surface area (TPSA) is 49.4 Å². The average molecular weight is 479 g/mol. The molecule has 2 rings (SSSR count). The quantitative estimate of drug-likeness (QED) is 0.283. The number of nitrogens with one attached hydrogen (secondary N) is 1. The lowest BCUT2D eigenvalue weighted by Gasteiger charge is -2.19. The number of thiol groups is 1. The first-order valence-electron chi connectivity index (χ1n) is 6.26. The zero-order valence-electron chi connectivity index (χ0n) is 11.8. The van der Waals surface area contributed by atoms with Crippen LogP contribution in [0, 0.1) is 0 Å². The minimum Gasteiger partial charge on any atom is -0.273 e. The summed E-state index contributed by atoms with van der Waals surface area (Å²) in [5.41, 5.74) is -0.0286. The number of carbonyl (C=O) groups is 2. The van der Waals surface area contributed by atoms with Crippen LogP contribution in [0.3, 0.4) is 0 Å². The van der Waals surface area contributed by atoms with E-state index in [2.05, 4.69) is 18.1 Å². The maximum absolute atomic E-state index is 12.3. The van der Waals surface area contributed by atoms with Crippen molar-refractivity contribution < 1.29 is 9.59 Å². The van der Waals surface area contributed by atoms with Crippen LogP contribution in [0.4, 0.5) is 10.5 Å². The van der Waals surface area contributed by atoms with Crippen LogP contribution in [-0.4, -0.2) is 11.9 Å². The highest BCUT2D eigenvalue weighted by atomic mass is 35.5. The Morgan fingerprint density at radius 2 is 1.44 bits per heavy atom. The fraction of sp³-hybridized carbons (Fsp3) is 0. The molecule has 0 unspecified atom stereocenters. The number of urea groups is 1. The van der Waals surface area contributed by atoms with Crippen LogP contribution in [0.5, 0.6) is 0 Å². The van der Waals surface area contributed by atoms with E-state index in [-0.39, 0.29) is 41.4 Å². The highest BCUT2D eigenvalue weighted by molar-refractivity contribution is 7.82. The second kappa shape index (κ2) is 8.44. The summed E-state index contributed by atoms with van der Waals surface area (Å²) in [6, 6.07) is 4.83. The number of rotatable bonds is 2. The third-order valence-electron chi connectivity index (χ3n) is 2.91. The predicted octanol–water partition coefficient (Wildman–Crippen LogP) is 6.81. The van der Waals surface area contributed by atoms with Gasteiger partial charge in [-0.05, 0) is 18.2 Å². The van der Waals surface area contributed by atoms with Gasteiger partial charge in [-0.25, -0.2) is 9.10 Å². The average Bonchev–Trinajstić information content (AvgIpc) is 2.55. The summed E-state index contributed by atoms with van der Waals surface area (Å²) in [6.45, 7) is 0. The van der Waals surface area contributed by atoms with E-state index < -0.39 is 11.9 Å². The normalized spacial score (nSPS) is 10.5. The van der Waals surface area contributed by atoms with E-state index in [1.54, 1.807) is 6.07 Å². The molecule has 0 radical (unpaired) electrons. The maximum Gasteiger partial charge on any atom is 0.338 e. The zero-order valence-corrected chi connectivity index (χ0v) is 17.2. The summed E-state index contributed by atoms with van der Waals surface area (Å²) >= 11 is 39.6. The number of anilines is 1. The Hall–Kier alpha value is -0.530. The van der Waals surface area contributed by atoms with Gasteiger partial charge in [0.2, 0.25) is 0 Å². The molecule has 0 saturated carbocycles. The first-order valence-corrected chi connectivity index (χ1v) is 8.93. The van der Waals surface area contributed by atoms with Crippen molar-refractivity contribution in [2.24, 2.45) is 0 Å². The lowest BCUT2D eigenvalue weighted by atomic mass is 10.2. The molecular weight excluding hydrogens is 473 g/mol. The van der Waals surface area contributed by atoms with Crippen LogP contribution in [-0.2, 0) is 0 Å². The molecule has 4 nitrogen and oxygen atoms in total. The SMILES string of the molecule is O=C(NC(=O)N(S)c1cc(Cl)c(Cl)c(Cl)c1Cl)c1c(Cl)cccc1Cl. The molecule has 0 aliphatic carbocycles. The summed E-state index contributed by atoms with van der Waals surface area (Å²) in [7, 11) is 0. The van der Waals surface area contributed by atoms with E-state index in [4.69, 9.17) is 69.6 Å². The molecule has 132 valence electrons. The summed E-state index contributed by atoms with van der Waals surface area (Å²) in [5, 5.41) is 2.20. The summed E-state index contributed by atoms with van der Waals surface area (Å²) in [4.78, 5) is 24.5. The number of amides is 3. The van der Waals surface area contributed by atoms with Gasteiger partial charge in [0.05, 0.1) is 41.4 Å². The minimum absolute atomic E-state index is 0.0261. The number of nitrogens with zero attached hydrogens (tertiary/aromatic N) is 1. The summed E-state index contributed by atoms with van der Waals surface area (Å²) in [6.07, 6.45) is 0. The zero-order chi connectivity index (χ0) is 18.9. The van der Waals surface area contributed by atoms with Gasteiger partial charge in [0.15, 0.2) is 0 Å². The van der Waals surface area contributed by atoms with Crippen LogP contribution in [0.2, 0.25) is 30.1 Å². The molecule has 2 aromatic carbocycles.